The number of nitrogens with zero attached hydrogens (tertiary/aromatic N) is 1. The number of fused-ring (bicyclic) bond motifs is 1. The summed E-state index contributed by atoms with van der Waals surface area (Å²) in [5.74, 6) is 0.972. The Morgan fingerprint density at radius 3 is 2.76 bits per heavy atom. The summed E-state index contributed by atoms with van der Waals surface area (Å²) in [5.41, 5.74) is -0.318. The standard InChI is InChI=1S/C13H18BrNO2/c1-8(16)15-5-4-10-9(7-15)6-11(14)12(17)13(10,2)3/h6,9-10H,4-5,7H2,1-3H3. The van der Waals surface area contributed by atoms with E-state index in [1.54, 1.807) is 6.92 Å². The van der Waals surface area contributed by atoms with Crippen LogP contribution < -0.4 is 0 Å². The Kier molecular flexibility index (Phi) is 3.19. The summed E-state index contributed by atoms with van der Waals surface area (Å²) in [4.78, 5) is 25.4. The fraction of sp³-hybridized carbons (Fsp3) is 0.692. The number of piperidine rings is 1. The molecule has 2 unspecified atom stereocenters. The molecule has 1 aliphatic heterocycles. The van der Waals surface area contributed by atoms with E-state index in [0.29, 0.717) is 16.3 Å². The van der Waals surface area contributed by atoms with E-state index in [2.05, 4.69) is 15.9 Å². The number of ketones is 1. The second kappa shape index (κ2) is 4.23. The molecule has 0 aromatic carbocycles. The fourth-order valence-electron chi connectivity index (χ4n) is 3.07. The van der Waals surface area contributed by atoms with Crippen molar-refractivity contribution in [3.63, 3.8) is 0 Å². The molecule has 0 spiro atoms. The number of carbonyl (C=O) groups excluding carboxylic acids is 2. The Balaban J connectivity index is 2.28. The Hall–Kier alpha value is -0.640. The number of hydrogen-bond donors (Lipinski definition) is 0. The van der Waals surface area contributed by atoms with Gasteiger partial charge in [-0.2, -0.15) is 0 Å². The minimum Gasteiger partial charge on any atom is -0.342 e. The Bertz CT molecular complexity index is 400. The first-order valence-electron chi connectivity index (χ1n) is 6.01. The van der Waals surface area contributed by atoms with Gasteiger partial charge in [0.2, 0.25) is 5.91 Å². The van der Waals surface area contributed by atoms with Crippen molar-refractivity contribution in [3.8, 4) is 0 Å². The predicted molar refractivity (Wildman–Crippen MR) is 69.6 cm³/mol. The molecule has 1 fully saturated rings. The SMILES string of the molecule is CC(=O)N1CCC2C(C=C(Br)C(=O)C2(C)C)C1. The first-order chi connectivity index (χ1) is 7.84. The molecule has 17 heavy (non-hydrogen) atoms. The van der Waals surface area contributed by atoms with Crippen molar-refractivity contribution in [2.45, 2.75) is 27.2 Å². The van der Waals surface area contributed by atoms with Gasteiger partial charge in [0.1, 0.15) is 0 Å². The summed E-state index contributed by atoms with van der Waals surface area (Å²) >= 11 is 3.36. The molecule has 0 aromatic heterocycles. The van der Waals surface area contributed by atoms with Gasteiger partial charge in [0.05, 0.1) is 4.48 Å². The van der Waals surface area contributed by atoms with E-state index in [1.807, 2.05) is 24.8 Å². The molecule has 0 radical (unpaired) electrons. The first-order valence-corrected chi connectivity index (χ1v) is 6.81. The van der Waals surface area contributed by atoms with Crippen LogP contribution in [0.3, 0.4) is 0 Å². The van der Waals surface area contributed by atoms with Gasteiger partial charge in [-0.05, 0) is 34.2 Å². The van der Waals surface area contributed by atoms with E-state index < -0.39 is 0 Å². The van der Waals surface area contributed by atoms with E-state index in [0.717, 1.165) is 19.5 Å². The first kappa shape index (κ1) is 12.8. The van der Waals surface area contributed by atoms with Crippen molar-refractivity contribution >= 4 is 27.6 Å². The minimum atomic E-state index is -0.318. The van der Waals surface area contributed by atoms with Gasteiger partial charge in [0.15, 0.2) is 5.78 Å². The molecular weight excluding hydrogens is 282 g/mol. The predicted octanol–water partition coefficient (Wildman–Crippen LogP) is 2.36. The smallest absolute Gasteiger partial charge is 0.219 e. The summed E-state index contributed by atoms with van der Waals surface area (Å²) in [6.45, 7) is 7.16. The number of Topliss-reactive ketones (excluding diaryl/α,β-unsaturated/α-hetero) is 1. The summed E-state index contributed by atoms with van der Waals surface area (Å²) in [6, 6.07) is 0. The van der Waals surface area contributed by atoms with Crippen molar-refractivity contribution in [1.82, 2.24) is 4.90 Å². The number of allylic oxidation sites excluding steroid dienone is 1. The summed E-state index contributed by atoms with van der Waals surface area (Å²) < 4.78 is 0.675. The van der Waals surface area contributed by atoms with Gasteiger partial charge in [-0.1, -0.05) is 19.9 Å². The van der Waals surface area contributed by atoms with Gasteiger partial charge >= 0.3 is 0 Å². The lowest BCUT2D eigenvalue weighted by molar-refractivity contribution is -0.134. The zero-order chi connectivity index (χ0) is 12.8. The van der Waals surface area contributed by atoms with Crippen LogP contribution in [0.15, 0.2) is 10.6 Å². The third kappa shape index (κ3) is 2.07. The second-order valence-corrected chi connectivity index (χ2v) is 6.44. The second-order valence-electron chi connectivity index (χ2n) is 5.59. The van der Waals surface area contributed by atoms with Crippen LogP contribution >= 0.6 is 15.9 Å². The molecule has 2 rings (SSSR count). The molecule has 1 amide bonds. The van der Waals surface area contributed by atoms with Crippen molar-refractivity contribution in [2.75, 3.05) is 13.1 Å². The molecule has 1 saturated heterocycles. The molecule has 1 aliphatic carbocycles. The number of carbonyl (C=O) groups is 2. The van der Waals surface area contributed by atoms with Gasteiger partial charge in [0.25, 0.3) is 0 Å². The average Bonchev–Trinajstić information content (AvgIpc) is 2.25. The zero-order valence-electron chi connectivity index (χ0n) is 10.5. The molecule has 0 aromatic rings. The summed E-state index contributed by atoms with van der Waals surface area (Å²) in [6.07, 6.45) is 2.91. The van der Waals surface area contributed by atoms with Crippen molar-refractivity contribution in [2.24, 2.45) is 17.3 Å². The van der Waals surface area contributed by atoms with E-state index in [4.69, 9.17) is 0 Å². The third-order valence-corrected chi connectivity index (χ3v) is 4.82. The van der Waals surface area contributed by atoms with Crippen LogP contribution in [-0.2, 0) is 9.59 Å². The minimum absolute atomic E-state index is 0.127. The van der Waals surface area contributed by atoms with E-state index >= 15 is 0 Å². The average molecular weight is 300 g/mol. The number of amides is 1. The van der Waals surface area contributed by atoms with E-state index in [9.17, 15) is 9.59 Å². The number of rotatable bonds is 0. The van der Waals surface area contributed by atoms with Crippen LogP contribution in [0.25, 0.3) is 0 Å². The molecule has 2 aliphatic rings. The van der Waals surface area contributed by atoms with Crippen LogP contribution in [-0.4, -0.2) is 29.7 Å². The highest BCUT2D eigenvalue weighted by molar-refractivity contribution is 9.12. The molecule has 0 saturated carbocycles. The molecule has 3 nitrogen and oxygen atoms in total. The van der Waals surface area contributed by atoms with Gasteiger partial charge in [0, 0.05) is 25.4 Å². The molecule has 1 heterocycles. The van der Waals surface area contributed by atoms with Crippen molar-refractivity contribution in [3.05, 3.63) is 10.6 Å². The maximum absolute atomic E-state index is 12.1. The van der Waals surface area contributed by atoms with Gasteiger partial charge in [-0.15, -0.1) is 0 Å². The maximum Gasteiger partial charge on any atom is 0.219 e. The van der Waals surface area contributed by atoms with Crippen molar-refractivity contribution < 1.29 is 9.59 Å². The lowest BCUT2D eigenvalue weighted by atomic mass is 9.63. The monoisotopic (exact) mass is 299 g/mol. The zero-order valence-corrected chi connectivity index (χ0v) is 12.1. The number of hydrogen-bond acceptors (Lipinski definition) is 2. The van der Waals surface area contributed by atoms with Crippen LogP contribution in [0, 0.1) is 17.3 Å². The molecular formula is C13H18BrNO2. The van der Waals surface area contributed by atoms with Gasteiger partial charge in [-0.3, -0.25) is 9.59 Å². The van der Waals surface area contributed by atoms with Gasteiger partial charge < -0.3 is 4.90 Å². The van der Waals surface area contributed by atoms with Crippen molar-refractivity contribution in [1.29, 1.82) is 0 Å². The highest BCUT2D eigenvalue weighted by Crippen LogP contribution is 2.46. The van der Waals surface area contributed by atoms with E-state index in [1.165, 1.54) is 0 Å². The molecule has 0 bridgehead atoms. The Morgan fingerprint density at radius 1 is 1.53 bits per heavy atom. The van der Waals surface area contributed by atoms with E-state index in [-0.39, 0.29) is 17.1 Å². The quantitative estimate of drug-likeness (QED) is 0.689. The van der Waals surface area contributed by atoms with Crippen LogP contribution in [0.1, 0.15) is 27.2 Å². The lowest BCUT2D eigenvalue weighted by Gasteiger charge is -2.46. The van der Waals surface area contributed by atoms with Crippen LogP contribution in [0.4, 0.5) is 0 Å². The van der Waals surface area contributed by atoms with Crippen LogP contribution in [0.2, 0.25) is 0 Å². The number of halogens is 1. The lowest BCUT2D eigenvalue weighted by Crippen LogP contribution is -2.50. The molecule has 94 valence electrons. The maximum atomic E-state index is 12.1. The normalized spacial score (nSPS) is 31.9. The summed E-state index contributed by atoms with van der Waals surface area (Å²) in [7, 11) is 0. The van der Waals surface area contributed by atoms with Crippen LogP contribution in [0.5, 0.6) is 0 Å². The van der Waals surface area contributed by atoms with Gasteiger partial charge in [-0.25, -0.2) is 0 Å². The Morgan fingerprint density at radius 2 is 2.18 bits per heavy atom. The highest BCUT2D eigenvalue weighted by Gasteiger charge is 2.47. The third-order valence-electron chi connectivity index (χ3n) is 4.19. The fourth-order valence-corrected chi connectivity index (χ4v) is 3.92. The highest BCUT2D eigenvalue weighted by atomic mass is 79.9. The summed E-state index contributed by atoms with van der Waals surface area (Å²) in [5, 5.41) is 0. The molecule has 4 heteroatoms. The molecule has 0 N–H and O–H groups in total. The Labute approximate surface area is 110 Å². The topological polar surface area (TPSA) is 37.4 Å². The number of likely N-dealkylation sites (tertiary alicyclic amines) is 1. The largest absolute Gasteiger partial charge is 0.342 e. The molecule has 2 atom stereocenters.